The molecule has 3 aromatic rings. The maximum absolute atomic E-state index is 12.9. The molecule has 1 N–H and O–H groups in total. The van der Waals surface area contributed by atoms with E-state index in [1.165, 1.54) is 16.7 Å². The summed E-state index contributed by atoms with van der Waals surface area (Å²) in [5.41, 5.74) is 2.97. The SMILES string of the molecule is CC1CCN(C(=O)CSc2nc3ccccc3[nH]2)c2ccccc2S1. The number of fused-ring (bicyclic) bond motifs is 2. The summed E-state index contributed by atoms with van der Waals surface area (Å²) in [6, 6.07) is 16.1. The standard InChI is InChI=1S/C19H19N3OS2/c1-13-10-11-22(16-8-4-5-9-17(16)25-13)18(23)12-24-19-20-14-6-2-3-7-15(14)21-19/h2-9,13H,10-12H2,1H3,(H,20,21). The van der Waals surface area contributed by atoms with Crippen LogP contribution in [0.4, 0.5) is 5.69 Å². The van der Waals surface area contributed by atoms with Gasteiger partial charge >= 0.3 is 0 Å². The number of hydrogen-bond donors (Lipinski definition) is 1. The molecule has 1 amide bonds. The van der Waals surface area contributed by atoms with Crippen LogP contribution in [-0.2, 0) is 4.79 Å². The monoisotopic (exact) mass is 369 g/mol. The molecule has 0 saturated carbocycles. The molecule has 0 fully saturated rings. The smallest absolute Gasteiger partial charge is 0.237 e. The third kappa shape index (κ3) is 3.55. The van der Waals surface area contributed by atoms with Gasteiger partial charge in [-0.1, -0.05) is 43.0 Å². The number of H-pyrrole nitrogens is 1. The number of aromatic nitrogens is 2. The molecule has 25 heavy (non-hydrogen) atoms. The van der Waals surface area contributed by atoms with Gasteiger partial charge in [0.1, 0.15) is 0 Å². The van der Waals surface area contributed by atoms with Crippen molar-refractivity contribution in [3.63, 3.8) is 0 Å². The maximum Gasteiger partial charge on any atom is 0.237 e. The van der Waals surface area contributed by atoms with Crippen LogP contribution < -0.4 is 4.90 Å². The van der Waals surface area contributed by atoms with Crippen LogP contribution in [0.3, 0.4) is 0 Å². The van der Waals surface area contributed by atoms with Crippen LogP contribution in [-0.4, -0.2) is 33.4 Å². The second kappa shape index (κ2) is 7.14. The molecule has 0 saturated heterocycles. The Morgan fingerprint density at radius 2 is 2.08 bits per heavy atom. The van der Waals surface area contributed by atoms with E-state index in [1.807, 2.05) is 59.1 Å². The minimum Gasteiger partial charge on any atom is -0.333 e. The minimum atomic E-state index is 0.132. The van der Waals surface area contributed by atoms with Gasteiger partial charge in [0.15, 0.2) is 5.16 Å². The number of nitrogens with zero attached hydrogens (tertiary/aromatic N) is 2. The van der Waals surface area contributed by atoms with Crippen LogP contribution in [0.1, 0.15) is 13.3 Å². The quantitative estimate of drug-likeness (QED) is 0.687. The Morgan fingerprint density at radius 1 is 1.28 bits per heavy atom. The third-order valence-electron chi connectivity index (χ3n) is 4.24. The molecule has 1 aliphatic rings. The number of anilines is 1. The average molecular weight is 370 g/mol. The first-order valence-electron chi connectivity index (χ1n) is 8.34. The minimum absolute atomic E-state index is 0.132. The first kappa shape index (κ1) is 16.5. The van der Waals surface area contributed by atoms with Gasteiger partial charge in [-0.2, -0.15) is 0 Å². The summed E-state index contributed by atoms with van der Waals surface area (Å²) in [7, 11) is 0. The van der Waals surface area contributed by atoms with Crippen molar-refractivity contribution in [2.45, 2.75) is 28.6 Å². The number of thioether (sulfide) groups is 2. The highest BCUT2D eigenvalue weighted by Gasteiger charge is 2.24. The topological polar surface area (TPSA) is 49.0 Å². The van der Waals surface area contributed by atoms with Crippen molar-refractivity contribution in [2.24, 2.45) is 0 Å². The van der Waals surface area contributed by atoms with Gasteiger partial charge in [0, 0.05) is 16.7 Å². The lowest BCUT2D eigenvalue weighted by molar-refractivity contribution is -0.116. The first-order chi connectivity index (χ1) is 12.2. The predicted molar refractivity (Wildman–Crippen MR) is 106 cm³/mol. The number of hydrogen-bond acceptors (Lipinski definition) is 4. The van der Waals surface area contributed by atoms with Crippen molar-refractivity contribution in [1.82, 2.24) is 9.97 Å². The number of carbonyl (C=O) groups excluding carboxylic acids is 1. The Labute approximate surface area is 155 Å². The van der Waals surface area contributed by atoms with Gasteiger partial charge < -0.3 is 9.88 Å². The molecule has 1 atom stereocenters. The Hall–Kier alpha value is -1.92. The van der Waals surface area contributed by atoms with Crippen molar-refractivity contribution in [3.05, 3.63) is 48.5 Å². The van der Waals surface area contributed by atoms with Crippen LogP contribution in [0.25, 0.3) is 11.0 Å². The number of aromatic amines is 1. The van der Waals surface area contributed by atoms with Crippen molar-refractivity contribution in [3.8, 4) is 0 Å². The van der Waals surface area contributed by atoms with Crippen LogP contribution >= 0.6 is 23.5 Å². The highest BCUT2D eigenvalue weighted by atomic mass is 32.2. The van der Waals surface area contributed by atoms with E-state index >= 15 is 0 Å². The zero-order valence-electron chi connectivity index (χ0n) is 13.9. The van der Waals surface area contributed by atoms with Crippen LogP contribution in [0.15, 0.2) is 58.6 Å². The largest absolute Gasteiger partial charge is 0.333 e. The molecular weight excluding hydrogens is 350 g/mol. The molecule has 0 bridgehead atoms. The summed E-state index contributed by atoms with van der Waals surface area (Å²) in [6.45, 7) is 2.99. The number of rotatable bonds is 3. The van der Waals surface area contributed by atoms with E-state index in [2.05, 4.69) is 23.0 Å². The lowest BCUT2D eigenvalue weighted by atomic mass is 10.2. The van der Waals surface area contributed by atoms with Crippen LogP contribution in [0.2, 0.25) is 0 Å². The lowest BCUT2D eigenvalue weighted by Crippen LogP contribution is -2.33. The van der Waals surface area contributed by atoms with E-state index in [4.69, 9.17) is 0 Å². The predicted octanol–water partition coefficient (Wildman–Crippen LogP) is 4.57. The van der Waals surface area contributed by atoms with E-state index in [-0.39, 0.29) is 5.91 Å². The summed E-state index contributed by atoms with van der Waals surface area (Å²) in [6.07, 6.45) is 1.00. The fraction of sp³-hybridized carbons (Fsp3) is 0.263. The van der Waals surface area contributed by atoms with Gasteiger partial charge in [0.05, 0.1) is 22.5 Å². The highest BCUT2D eigenvalue weighted by Crippen LogP contribution is 2.37. The fourth-order valence-electron chi connectivity index (χ4n) is 2.95. The molecule has 0 radical (unpaired) electrons. The molecule has 4 nitrogen and oxygen atoms in total. The second-order valence-electron chi connectivity index (χ2n) is 6.08. The number of imidazole rings is 1. The molecule has 0 spiro atoms. The molecule has 4 rings (SSSR count). The number of carbonyl (C=O) groups is 1. The summed E-state index contributed by atoms with van der Waals surface area (Å²) in [5.74, 6) is 0.514. The molecule has 1 aliphatic heterocycles. The number of benzene rings is 2. The van der Waals surface area contributed by atoms with E-state index in [1.54, 1.807) is 0 Å². The van der Waals surface area contributed by atoms with Crippen molar-refractivity contribution >= 4 is 46.2 Å². The molecular formula is C19H19N3OS2. The maximum atomic E-state index is 12.9. The van der Waals surface area contributed by atoms with Crippen molar-refractivity contribution in [2.75, 3.05) is 17.2 Å². The van der Waals surface area contributed by atoms with Gasteiger partial charge in [-0.15, -0.1) is 11.8 Å². The lowest BCUT2D eigenvalue weighted by Gasteiger charge is -2.22. The van der Waals surface area contributed by atoms with Crippen molar-refractivity contribution in [1.29, 1.82) is 0 Å². The Morgan fingerprint density at radius 3 is 2.96 bits per heavy atom. The van der Waals surface area contributed by atoms with Crippen LogP contribution in [0.5, 0.6) is 0 Å². The Balaban J connectivity index is 1.50. The summed E-state index contributed by atoms with van der Waals surface area (Å²) in [4.78, 5) is 23.8. The average Bonchev–Trinajstić information content (AvgIpc) is 2.96. The molecule has 128 valence electrons. The number of para-hydroxylation sites is 3. The molecule has 2 aromatic carbocycles. The van der Waals surface area contributed by atoms with Gasteiger partial charge in [0.2, 0.25) is 5.91 Å². The van der Waals surface area contributed by atoms with E-state index < -0.39 is 0 Å². The van der Waals surface area contributed by atoms with E-state index in [0.29, 0.717) is 11.0 Å². The highest BCUT2D eigenvalue weighted by molar-refractivity contribution is 8.00. The number of amides is 1. The van der Waals surface area contributed by atoms with Gasteiger partial charge in [0.25, 0.3) is 0 Å². The zero-order valence-corrected chi connectivity index (χ0v) is 15.6. The number of nitrogens with one attached hydrogen (secondary N) is 1. The molecule has 1 unspecified atom stereocenters. The Kier molecular flexibility index (Phi) is 4.72. The second-order valence-corrected chi connectivity index (χ2v) is 8.52. The zero-order chi connectivity index (χ0) is 17.2. The molecule has 6 heteroatoms. The van der Waals surface area contributed by atoms with Crippen molar-refractivity contribution < 1.29 is 4.79 Å². The Bertz CT molecular complexity index is 875. The van der Waals surface area contributed by atoms with Crippen LogP contribution in [0, 0.1) is 0 Å². The van der Waals surface area contributed by atoms with Gasteiger partial charge in [-0.05, 0) is 30.7 Å². The normalized spacial score (nSPS) is 17.3. The van der Waals surface area contributed by atoms with E-state index in [0.717, 1.165) is 34.8 Å². The first-order valence-corrected chi connectivity index (χ1v) is 10.2. The summed E-state index contributed by atoms with van der Waals surface area (Å²) >= 11 is 3.32. The van der Waals surface area contributed by atoms with E-state index in [9.17, 15) is 4.79 Å². The summed E-state index contributed by atoms with van der Waals surface area (Å²) in [5, 5.41) is 1.31. The molecule has 1 aromatic heterocycles. The molecule has 2 heterocycles. The van der Waals surface area contributed by atoms with Gasteiger partial charge in [-0.25, -0.2) is 4.98 Å². The summed E-state index contributed by atoms with van der Waals surface area (Å²) < 4.78 is 0. The fourth-order valence-corrected chi connectivity index (χ4v) is 4.83. The third-order valence-corrected chi connectivity index (χ3v) is 6.34. The molecule has 0 aliphatic carbocycles. The van der Waals surface area contributed by atoms with Gasteiger partial charge in [-0.3, -0.25) is 4.79 Å².